The second-order valence-electron chi connectivity index (χ2n) is 13.3. The van der Waals surface area contributed by atoms with Gasteiger partial charge < -0.3 is 39.6 Å². The molecule has 0 atom stereocenters. The molecule has 0 aliphatic heterocycles. The fraction of sp³-hybridized carbons (Fsp3) is 0. The molecule has 6 N–H and O–H groups in total. The molecule has 270 valence electrons. The lowest BCUT2D eigenvalue weighted by Crippen LogP contribution is -2.00. The Morgan fingerprint density at radius 1 is 0.393 bits per heavy atom. The van der Waals surface area contributed by atoms with Crippen molar-refractivity contribution < 1.29 is 35.1 Å². The van der Waals surface area contributed by atoms with Crippen molar-refractivity contribution in [2.75, 3.05) is 0 Å². The van der Waals surface area contributed by atoms with Crippen LogP contribution in [-0.2, 0) is 0 Å². The van der Waals surface area contributed by atoms with Gasteiger partial charge in [0.2, 0.25) is 11.5 Å². The summed E-state index contributed by atoms with van der Waals surface area (Å²) in [4.78, 5) is 14.0. The highest BCUT2D eigenvalue weighted by Gasteiger charge is 2.33. The Morgan fingerprint density at radius 3 is 1.57 bits per heavy atom. The van der Waals surface area contributed by atoms with Crippen molar-refractivity contribution in [3.05, 3.63) is 133 Å². The van der Waals surface area contributed by atoms with Gasteiger partial charge in [-0.15, -0.1) is 0 Å². The Bertz CT molecular complexity index is 3140. The van der Waals surface area contributed by atoms with Crippen LogP contribution in [0.2, 0.25) is 0 Å². The molecular formula is C45H28N4O7. The highest BCUT2D eigenvalue weighted by atomic mass is 16.4. The van der Waals surface area contributed by atoms with Crippen LogP contribution in [0.25, 0.3) is 94.7 Å². The second kappa shape index (κ2) is 12.3. The topological polar surface area (TPSA) is 178 Å². The van der Waals surface area contributed by atoms with Crippen molar-refractivity contribution in [1.82, 2.24) is 19.5 Å². The molecule has 56 heavy (non-hydrogen) atoms. The average Bonchev–Trinajstić information content (AvgIpc) is 3.80. The Morgan fingerprint density at radius 2 is 0.929 bits per heavy atom. The van der Waals surface area contributed by atoms with Crippen LogP contribution in [0.1, 0.15) is 0 Å². The van der Waals surface area contributed by atoms with E-state index in [-0.39, 0.29) is 45.1 Å². The average molecular weight is 737 g/mol. The molecular weight excluding hydrogens is 709 g/mol. The summed E-state index contributed by atoms with van der Waals surface area (Å²) < 4.78 is 7.78. The molecule has 3 aromatic heterocycles. The molecule has 0 saturated carbocycles. The van der Waals surface area contributed by atoms with Crippen molar-refractivity contribution >= 4 is 43.7 Å². The summed E-state index contributed by atoms with van der Waals surface area (Å²) in [5, 5.41) is 71.2. The smallest absolute Gasteiger partial charge is 0.204 e. The van der Waals surface area contributed by atoms with Gasteiger partial charge in [0.25, 0.3) is 0 Å². The molecule has 10 rings (SSSR count). The van der Waals surface area contributed by atoms with Gasteiger partial charge in [0, 0.05) is 21.9 Å². The van der Waals surface area contributed by atoms with Crippen LogP contribution in [-0.4, -0.2) is 50.2 Å². The number of fused-ring (bicyclic) bond motifs is 6. The van der Waals surface area contributed by atoms with Crippen LogP contribution in [0.4, 0.5) is 0 Å². The van der Waals surface area contributed by atoms with E-state index in [0.29, 0.717) is 22.2 Å². The zero-order chi connectivity index (χ0) is 38.2. The Balaban J connectivity index is 1.30. The van der Waals surface area contributed by atoms with Crippen molar-refractivity contribution in [1.29, 1.82) is 0 Å². The molecule has 11 heteroatoms. The molecule has 10 aromatic rings. The summed E-state index contributed by atoms with van der Waals surface area (Å²) in [6, 6.07) is 41.1. The van der Waals surface area contributed by atoms with Gasteiger partial charge >= 0.3 is 0 Å². The van der Waals surface area contributed by atoms with Crippen LogP contribution in [0.3, 0.4) is 0 Å². The molecule has 0 aliphatic rings. The van der Waals surface area contributed by atoms with Crippen LogP contribution < -0.4 is 0 Å². The molecule has 0 fully saturated rings. The van der Waals surface area contributed by atoms with Gasteiger partial charge in [0.15, 0.2) is 51.6 Å². The fourth-order valence-corrected chi connectivity index (χ4v) is 7.59. The van der Waals surface area contributed by atoms with E-state index in [1.807, 2.05) is 109 Å². The minimum atomic E-state index is -0.948. The number of nitrogens with zero attached hydrogens (tertiary/aromatic N) is 4. The van der Waals surface area contributed by atoms with E-state index in [9.17, 15) is 30.6 Å². The zero-order valence-electron chi connectivity index (χ0n) is 29.1. The number of phenols is 6. The lowest BCUT2D eigenvalue weighted by atomic mass is 9.99. The molecule has 0 bridgehead atoms. The number of hydrogen-bond donors (Lipinski definition) is 6. The van der Waals surface area contributed by atoms with E-state index in [4.69, 9.17) is 4.42 Å². The molecule has 0 spiro atoms. The number of aromatic nitrogens is 4. The maximum absolute atomic E-state index is 12.3. The molecule has 0 unspecified atom stereocenters. The minimum absolute atomic E-state index is 0.145. The summed E-state index contributed by atoms with van der Waals surface area (Å²) in [6.45, 7) is 0. The van der Waals surface area contributed by atoms with E-state index < -0.39 is 40.1 Å². The van der Waals surface area contributed by atoms with Gasteiger partial charge in [-0.1, -0.05) is 121 Å². The highest BCUT2D eigenvalue weighted by Crippen LogP contribution is 2.58. The zero-order valence-corrected chi connectivity index (χ0v) is 29.1. The number of para-hydroxylation sites is 1. The first-order valence-electron chi connectivity index (χ1n) is 17.6. The first kappa shape index (κ1) is 32.6. The molecule has 3 heterocycles. The number of aromatic hydroxyl groups is 6. The molecule has 7 aromatic carbocycles. The first-order valence-corrected chi connectivity index (χ1v) is 17.6. The predicted molar refractivity (Wildman–Crippen MR) is 213 cm³/mol. The SMILES string of the molecule is Oc1c(-n2c3ccccc3c3c(-c4ccccc4)cccc32)c(O)c2c(oc3c(-c4nc(-c5ccccc5)nc(-c5ccccc5)n4)c(O)c(O)c(O)c32)c1O. The lowest BCUT2D eigenvalue weighted by Gasteiger charge is -2.14. The Labute approximate surface area is 316 Å². The monoisotopic (exact) mass is 736 g/mol. The third-order valence-corrected chi connectivity index (χ3v) is 10.1. The summed E-state index contributed by atoms with van der Waals surface area (Å²) in [5.41, 5.74) is 3.13. The number of furan rings is 1. The Kier molecular flexibility index (Phi) is 7.13. The molecule has 0 amide bonds. The standard InChI is InChI=1S/C45H28N4O7/c50-35-31-32-36(51)39(54)37(52)33(45-47-43(24-15-6-2-7-16-24)46-44(48-45)25-17-8-3-9-18-25)41(32)56-42(31)40(55)38(53)34(35)49-28-21-11-10-19-27(28)30-26(20-12-22-29(30)49)23-13-4-1-5-14-23/h1-22,50-55H. The predicted octanol–water partition coefficient (Wildman–Crippen LogP) is 9.77. The van der Waals surface area contributed by atoms with E-state index in [0.717, 1.165) is 21.9 Å². The fourth-order valence-electron chi connectivity index (χ4n) is 7.59. The van der Waals surface area contributed by atoms with Crippen molar-refractivity contribution in [2.45, 2.75) is 0 Å². The summed E-state index contributed by atoms with van der Waals surface area (Å²) in [6.07, 6.45) is 0. The number of benzene rings is 7. The highest BCUT2D eigenvalue weighted by molar-refractivity contribution is 6.21. The maximum atomic E-state index is 12.3. The van der Waals surface area contributed by atoms with Gasteiger partial charge in [-0.2, -0.15) is 0 Å². The van der Waals surface area contributed by atoms with Crippen LogP contribution in [0, 0.1) is 0 Å². The second-order valence-corrected chi connectivity index (χ2v) is 13.3. The molecule has 0 aliphatic carbocycles. The van der Waals surface area contributed by atoms with Gasteiger partial charge in [-0.3, -0.25) is 0 Å². The van der Waals surface area contributed by atoms with Gasteiger partial charge in [0.05, 0.1) is 21.8 Å². The van der Waals surface area contributed by atoms with Crippen molar-refractivity contribution in [2.24, 2.45) is 0 Å². The van der Waals surface area contributed by atoms with Crippen molar-refractivity contribution in [3.63, 3.8) is 0 Å². The van der Waals surface area contributed by atoms with E-state index in [2.05, 4.69) is 15.0 Å². The first-order chi connectivity index (χ1) is 27.3. The van der Waals surface area contributed by atoms with Crippen LogP contribution in [0.15, 0.2) is 138 Å². The normalized spacial score (nSPS) is 11.6. The lowest BCUT2D eigenvalue weighted by molar-refractivity contribution is 0.371. The number of phenolic OH excluding ortho intramolecular Hbond substituents is 6. The minimum Gasteiger partial charge on any atom is -0.505 e. The van der Waals surface area contributed by atoms with Crippen LogP contribution >= 0.6 is 0 Å². The van der Waals surface area contributed by atoms with Crippen LogP contribution in [0.5, 0.6) is 34.5 Å². The quantitative estimate of drug-likeness (QED) is 0.0736. The summed E-state index contributed by atoms with van der Waals surface area (Å²) >= 11 is 0. The maximum Gasteiger partial charge on any atom is 0.204 e. The van der Waals surface area contributed by atoms with Gasteiger partial charge in [-0.05, 0) is 23.3 Å². The van der Waals surface area contributed by atoms with E-state index in [1.54, 1.807) is 28.8 Å². The number of hydrogen-bond acceptors (Lipinski definition) is 10. The van der Waals surface area contributed by atoms with Crippen molar-refractivity contribution in [3.8, 4) is 85.5 Å². The van der Waals surface area contributed by atoms with E-state index >= 15 is 0 Å². The summed E-state index contributed by atoms with van der Waals surface area (Å²) in [5.74, 6) is -4.35. The Hall–Kier alpha value is -8.05. The molecule has 11 nitrogen and oxygen atoms in total. The summed E-state index contributed by atoms with van der Waals surface area (Å²) in [7, 11) is 0. The molecule has 0 radical (unpaired) electrons. The van der Waals surface area contributed by atoms with Gasteiger partial charge in [-0.25, -0.2) is 15.0 Å². The third kappa shape index (κ3) is 4.67. The number of rotatable bonds is 5. The largest absolute Gasteiger partial charge is 0.505 e. The molecule has 0 saturated heterocycles. The van der Waals surface area contributed by atoms with E-state index in [1.165, 1.54) is 0 Å². The third-order valence-electron chi connectivity index (χ3n) is 10.1. The van der Waals surface area contributed by atoms with Gasteiger partial charge in [0.1, 0.15) is 11.3 Å².